The van der Waals surface area contributed by atoms with E-state index in [1.807, 2.05) is 42.3 Å². The molecule has 1 aromatic carbocycles. The number of carbonyl (C=O) groups is 2. The van der Waals surface area contributed by atoms with Gasteiger partial charge in [-0.2, -0.15) is 5.10 Å². The second-order valence-corrected chi connectivity index (χ2v) is 8.03. The highest BCUT2D eigenvalue weighted by atomic mass is 16.2. The first kappa shape index (κ1) is 19.6. The van der Waals surface area contributed by atoms with E-state index in [0.29, 0.717) is 16.9 Å². The molecule has 2 aliphatic rings. The number of piperazine rings is 1. The fraction of sp³-hybridized carbons (Fsp3) is 0.500. The minimum absolute atomic E-state index is 0.0179. The lowest BCUT2D eigenvalue weighted by Crippen LogP contribution is -2.48. The molecule has 0 bridgehead atoms. The summed E-state index contributed by atoms with van der Waals surface area (Å²) >= 11 is 0. The quantitative estimate of drug-likeness (QED) is 0.816. The van der Waals surface area contributed by atoms with Crippen LogP contribution in [0.3, 0.4) is 0 Å². The Morgan fingerprint density at radius 3 is 2.52 bits per heavy atom. The number of rotatable bonds is 6. The van der Waals surface area contributed by atoms with Crippen molar-refractivity contribution in [2.24, 2.45) is 5.92 Å². The van der Waals surface area contributed by atoms with E-state index in [1.54, 1.807) is 4.68 Å². The molecule has 1 aliphatic carbocycles. The summed E-state index contributed by atoms with van der Waals surface area (Å²) in [6.07, 6.45) is 4.90. The van der Waals surface area contributed by atoms with Gasteiger partial charge in [0.2, 0.25) is 5.91 Å². The molecule has 0 unspecified atom stereocenters. The summed E-state index contributed by atoms with van der Waals surface area (Å²) in [5.74, 6) is 0.203. The highest BCUT2D eigenvalue weighted by molar-refractivity contribution is 6.00. The van der Waals surface area contributed by atoms with Gasteiger partial charge in [-0.05, 0) is 57.0 Å². The molecule has 1 saturated heterocycles. The second kappa shape index (κ2) is 8.37. The molecule has 2 heterocycles. The second-order valence-electron chi connectivity index (χ2n) is 8.03. The molecule has 7 nitrogen and oxygen atoms in total. The fourth-order valence-corrected chi connectivity index (χ4v) is 3.78. The molecule has 2 fully saturated rings. The number of hydrogen-bond acceptors (Lipinski definition) is 4. The van der Waals surface area contributed by atoms with Crippen LogP contribution in [0.2, 0.25) is 0 Å². The van der Waals surface area contributed by atoms with Gasteiger partial charge in [0.15, 0.2) is 0 Å². The number of benzene rings is 1. The SMILES string of the molecule is CCCN1CCN(C(=O)c2ccc(NC(=O)C3CC3)cc2-n2ccc(C)n2)CC1. The molecule has 4 rings (SSSR count). The van der Waals surface area contributed by atoms with Crippen molar-refractivity contribution in [3.8, 4) is 5.69 Å². The molecule has 1 aromatic heterocycles. The predicted molar refractivity (Wildman–Crippen MR) is 112 cm³/mol. The van der Waals surface area contributed by atoms with Gasteiger partial charge in [0.25, 0.3) is 5.91 Å². The molecule has 29 heavy (non-hydrogen) atoms. The standard InChI is InChI=1S/C22H29N5O2/c1-3-9-25-11-13-26(14-12-25)22(29)19-7-6-18(23-21(28)17-4-5-17)15-20(19)27-10-8-16(2)24-27/h6-8,10,15,17H,3-5,9,11-14H2,1-2H3,(H,23,28). The maximum absolute atomic E-state index is 13.3. The summed E-state index contributed by atoms with van der Waals surface area (Å²) in [5.41, 5.74) is 2.90. The molecule has 7 heteroatoms. The first-order valence-electron chi connectivity index (χ1n) is 10.5. The highest BCUT2D eigenvalue weighted by Crippen LogP contribution is 2.31. The smallest absolute Gasteiger partial charge is 0.256 e. The van der Waals surface area contributed by atoms with Gasteiger partial charge < -0.3 is 10.2 Å². The van der Waals surface area contributed by atoms with Crippen LogP contribution >= 0.6 is 0 Å². The summed E-state index contributed by atoms with van der Waals surface area (Å²) in [7, 11) is 0. The minimum Gasteiger partial charge on any atom is -0.336 e. The Labute approximate surface area is 171 Å². The summed E-state index contributed by atoms with van der Waals surface area (Å²) in [5, 5.41) is 7.47. The largest absolute Gasteiger partial charge is 0.336 e. The van der Waals surface area contributed by atoms with Gasteiger partial charge in [0.05, 0.1) is 16.9 Å². The Morgan fingerprint density at radius 2 is 1.90 bits per heavy atom. The first-order chi connectivity index (χ1) is 14.0. The molecule has 0 radical (unpaired) electrons. The van der Waals surface area contributed by atoms with Gasteiger partial charge in [-0.25, -0.2) is 4.68 Å². The van der Waals surface area contributed by atoms with Crippen LogP contribution in [0.25, 0.3) is 5.69 Å². The van der Waals surface area contributed by atoms with E-state index in [9.17, 15) is 9.59 Å². The third-order valence-corrected chi connectivity index (χ3v) is 5.61. The maximum atomic E-state index is 13.3. The topological polar surface area (TPSA) is 70.5 Å². The van der Waals surface area contributed by atoms with Crippen LogP contribution in [-0.4, -0.2) is 64.1 Å². The number of aromatic nitrogens is 2. The maximum Gasteiger partial charge on any atom is 0.256 e. The number of nitrogens with one attached hydrogen (secondary N) is 1. The Morgan fingerprint density at radius 1 is 1.14 bits per heavy atom. The van der Waals surface area contributed by atoms with Crippen LogP contribution < -0.4 is 5.32 Å². The zero-order valence-corrected chi connectivity index (χ0v) is 17.2. The molecule has 154 valence electrons. The van der Waals surface area contributed by atoms with Gasteiger partial charge in [-0.3, -0.25) is 14.5 Å². The Bertz CT molecular complexity index is 894. The molecular weight excluding hydrogens is 366 g/mol. The van der Waals surface area contributed by atoms with Gasteiger partial charge in [0, 0.05) is 44.0 Å². The van der Waals surface area contributed by atoms with E-state index in [1.165, 1.54) is 0 Å². The fourth-order valence-electron chi connectivity index (χ4n) is 3.78. The summed E-state index contributed by atoms with van der Waals surface area (Å²) in [6.45, 7) is 8.46. The van der Waals surface area contributed by atoms with E-state index < -0.39 is 0 Å². The van der Waals surface area contributed by atoms with Crippen molar-refractivity contribution in [3.63, 3.8) is 0 Å². The highest BCUT2D eigenvalue weighted by Gasteiger charge is 2.30. The monoisotopic (exact) mass is 395 g/mol. The minimum atomic E-state index is 0.0179. The van der Waals surface area contributed by atoms with E-state index in [2.05, 4.69) is 22.2 Å². The van der Waals surface area contributed by atoms with Crippen LogP contribution in [0.4, 0.5) is 5.69 Å². The number of carbonyl (C=O) groups excluding carboxylic acids is 2. The zero-order chi connectivity index (χ0) is 20.4. The zero-order valence-electron chi connectivity index (χ0n) is 17.2. The number of nitrogens with zero attached hydrogens (tertiary/aromatic N) is 4. The number of aryl methyl sites for hydroxylation is 1. The molecule has 1 saturated carbocycles. The van der Waals surface area contributed by atoms with E-state index in [-0.39, 0.29) is 17.7 Å². The van der Waals surface area contributed by atoms with Crippen LogP contribution in [0.15, 0.2) is 30.5 Å². The molecule has 2 amide bonds. The van der Waals surface area contributed by atoms with Crippen molar-refractivity contribution >= 4 is 17.5 Å². The van der Waals surface area contributed by atoms with Crippen LogP contribution in [0.1, 0.15) is 42.2 Å². The van der Waals surface area contributed by atoms with Gasteiger partial charge in [0.1, 0.15) is 0 Å². The first-order valence-corrected chi connectivity index (χ1v) is 10.5. The Hall–Kier alpha value is -2.67. The third kappa shape index (κ3) is 4.50. The molecule has 0 atom stereocenters. The van der Waals surface area contributed by atoms with E-state index in [0.717, 1.165) is 57.7 Å². The van der Waals surface area contributed by atoms with Gasteiger partial charge in [-0.1, -0.05) is 6.92 Å². The lowest BCUT2D eigenvalue weighted by molar-refractivity contribution is -0.117. The van der Waals surface area contributed by atoms with Crippen molar-refractivity contribution in [2.75, 3.05) is 38.0 Å². The Kier molecular flexibility index (Phi) is 5.67. The van der Waals surface area contributed by atoms with E-state index >= 15 is 0 Å². The molecule has 1 aliphatic heterocycles. The average molecular weight is 396 g/mol. The normalized spacial score (nSPS) is 17.4. The summed E-state index contributed by atoms with van der Waals surface area (Å²) in [4.78, 5) is 29.8. The van der Waals surface area contributed by atoms with Crippen LogP contribution in [0.5, 0.6) is 0 Å². The van der Waals surface area contributed by atoms with Gasteiger partial charge in [-0.15, -0.1) is 0 Å². The lowest BCUT2D eigenvalue weighted by atomic mass is 10.1. The lowest BCUT2D eigenvalue weighted by Gasteiger charge is -2.34. The number of amides is 2. The molecule has 0 spiro atoms. The average Bonchev–Trinajstić information content (AvgIpc) is 3.49. The third-order valence-electron chi connectivity index (χ3n) is 5.61. The van der Waals surface area contributed by atoms with Gasteiger partial charge >= 0.3 is 0 Å². The van der Waals surface area contributed by atoms with Crippen molar-refractivity contribution < 1.29 is 9.59 Å². The van der Waals surface area contributed by atoms with E-state index in [4.69, 9.17) is 0 Å². The van der Waals surface area contributed by atoms with Crippen LogP contribution in [0, 0.1) is 12.8 Å². The number of hydrogen-bond donors (Lipinski definition) is 1. The summed E-state index contributed by atoms with van der Waals surface area (Å²) in [6, 6.07) is 7.40. The molecular formula is C22H29N5O2. The van der Waals surface area contributed by atoms with Crippen LogP contribution in [-0.2, 0) is 4.79 Å². The Balaban J connectivity index is 1.58. The van der Waals surface area contributed by atoms with Crippen molar-refractivity contribution in [2.45, 2.75) is 33.1 Å². The molecule has 2 aromatic rings. The summed E-state index contributed by atoms with van der Waals surface area (Å²) < 4.78 is 1.72. The number of anilines is 1. The predicted octanol–water partition coefficient (Wildman–Crippen LogP) is 2.70. The molecule has 1 N–H and O–H groups in total. The van der Waals surface area contributed by atoms with Crippen molar-refractivity contribution in [3.05, 3.63) is 41.7 Å². The van der Waals surface area contributed by atoms with Crippen molar-refractivity contribution in [1.82, 2.24) is 19.6 Å². The van der Waals surface area contributed by atoms with Crippen molar-refractivity contribution in [1.29, 1.82) is 0 Å².